The van der Waals surface area contributed by atoms with E-state index in [1.54, 1.807) is 13.1 Å². The molecule has 0 bridgehead atoms. The summed E-state index contributed by atoms with van der Waals surface area (Å²) in [6.07, 6.45) is 6.31. The summed E-state index contributed by atoms with van der Waals surface area (Å²) in [6, 6.07) is 0. The summed E-state index contributed by atoms with van der Waals surface area (Å²) in [7, 11) is 0. The summed E-state index contributed by atoms with van der Waals surface area (Å²) in [5.41, 5.74) is 0. The van der Waals surface area contributed by atoms with Gasteiger partial charge in [-0.25, -0.2) is 0 Å². The van der Waals surface area contributed by atoms with Crippen molar-refractivity contribution in [2.24, 2.45) is 5.92 Å². The SMILES string of the molecule is CC(CCCC=[N+]([NH-])CCCCCC(=O)O)C(=O)O. The normalized spacial score (nSPS) is 13.2. The Bertz CT molecular complexity index is 316. The Labute approximate surface area is 113 Å². The highest BCUT2D eigenvalue weighted by Gasteiger charge is 2.09. The third-order valence-electron chi connectivity index (χ3n) is 2.90. The summed E-state index contributed by atoms with van der Waals surface area (Å²) in [5, 5.41) is 17.2. The fraction of sp³-hybridized carbons (Fsp3) is 0.769. The Morgan fingerprint density at radius 1 is 1.21 bits per heavy atom. The molecule has 1 unspecified atom stereocenters. The zero-order chi connectivity index (χ0) is 14.7. The molecule has 6 nitrogen and oxygen atoms in total. The van der Waals surface area contributed by atoms with Crippen LogP contribution in [0.15, 0.2) is 0 Å². The fourth-order valence-corrected chi connectivity index (χ4v) is 1.62. The summed E-state index contributed by atoms with van der Waals surface area (Å²) in [5.74, 6) is 5.72. The molecule has 3 N–H and O–H groups in total. The smallest absolute Gasteiger partial charge is 0.306 e. The third kappa shape index (κ3) is 11.2. The number of carbonyl (C=O) groups is 2. The minimum absolute atomic E-state index is 0.189. The zero-order valence-electron chi connectivity index (χ0n) is 11.5. The Morgan fingerprint density at radius 3 is 2.47 bits per heavy atom. The maximum atomic E-state index is 10.6. The first kappa shape index (κ1) is 17.4. The van der Waals surface area contributed by atoms with Crippen LogP contribution in [0.5, 0.6) is 0 Å². The van der Waals surface area contributed by atoms with Crippen LogP contribution >= 0.6 is 0 Å². The van der Waals surface area contributed by atoms with Gasteiger partial charge in [-0.05, 0) is 25.7 Å². The zero-order valence-corrected chi connectivity index (χ0v) is 11.5. The number of hydrogen-bond donors (Lipinski definition) is 2. The van der Waals surface area contributed by atoms with Gasteiger partial charge in [-0.2, -0.15) is 0 Å². The number of aliphatic carboxylic acids is 2. The summed E-state index contributed by atoms with van der Waals surface area (Å²) in [6.45, 7) is 2.28. The third-order valence-corrected chi connectivity index (χ3v) is 2.90. The van der Waals surface area contributed by atoms with Crippen LogP contribution in [-0.4, -0.2) is 39.6 Å². The molecule has 0 saturated heterocycles. The van der Waals surface area contributed by atoms with Crippen molar-refractivity contribution in [2.75, 3.05) is 6.54 Å². The summed E-state index contributed by atoms with van der Waals surface area (Å²) < 4.78 is 1.35. The number of nitrogens with one attached hydrogen (secondary N) is 1. The maximum Gasteiger partial charge on any atom is 0.306 e. The lowest BCUT2D eigenvalue weighted by atomic mass is 10.1. The van der Waals surface area contributed by atoms with Crippen molar-refractivity contribution in [1.29, 1.82) is 0 Å². The van der Waals surface area contributed by atoms with Crippen molar-refractivity contribution >= 4 is 18.2 Å². The van der Waals surface area contributed by atoms with Gasteiger partial charge in [-0.1, -0.05) is 6.92 Å². The average molecular weight is 272 g/mol. The molecule has 0 aliphatic heterocycles. The molecule has 0 amide bonds. The molecule has 0 aromatic heterocycles. The summed E-state index contributed by atoms with van der Waals surface area (Å²) >= 11 is 0. The van der Waals surface area contributed by atoms with Crippen LogP contribution in [-0.2, 0) is 9.59 Å². The van der Waals surface area contributed by atoms with Crippen LogP contribution < -0.4 is 0 Å². The lowest BCUT2D eigenvalue weighted by molar-refractivity contribution is -0.455. The number of unbranched alkanes of at least 4 members (excludes halogenated alkanes) is 3. The van der Waals surface area contributed by atoms with E-state index in [1.165, 1.54) is 4.68 Å². The van der Waals surface area contributed by atoms with E-state index in [4.69, 9.17) is 16.1 Å². The Balaban J connectivity index is 3.55. The molecule has 0 aliphatic carbocycles. The van der Waals surface area contributed by atoms with Gasteiger partial charge in [0.2, 0.25) is 0 Å². The Morgan fingerprint density at radius 2 is 1.89 bits per heavy atom. The molecule has 0 rings (SSSR count). The lowest BCUT2D eigenvalue weighted by Gasteiger charge is -2.05. The van der Waals surface area contributed by atoms with Crippen molar-refractivity contribution < 1.29 is 24.5 Å². The van der Waals surface area contributed by atoms with Crippen LogP contribution in [0, 0.1) is 5.92 Å². The predicted molar refractivity (Wildman–Crippen MR) is 72.3 cm³/mol. The van der Waals surface area contributed by atoms with E-state index < -0.39 is 11.9 Å². The molecule has 0 aliphatic rings. The van der Waals surface area contributed by atoms with Gasteiger partial charge in [-0.3, -0.25) is 14.3 Å². The van der Waals surface area contributed by atoms with Gasteiger partial charge in [-0.15, -0.1) is 0 Å². The van der Waals surface area contributed by atoms with Crippen molar-refractivity contribution in [3.63, 3.8) is 0 Å². The molecule has 0 fully saturated rings. The highest BCUT2D eigenvalue weighted by molar-refractivity contribution is 5.69. The monoisotopic (exact) mass is 272 g/mol. The van der Waals surface area contributed by atoms with Crippen molar-refractivity contribution in [3.05, 3.63) is 5.84 Å². The van der Waals surface area contributed by atoms with Gasteiger partial charge in [0, 0.05) is 19.3 Å². The van der Waals surface area contributed by atoms with Crippen molar-refractivity contribution in [2.45, 2.75) is 51.9 Å². The molecule has 0 saturated carbocycles. The van der Waals surface area contributed by atoms with Crippen LogP contribution in [0.2, 0.25) is 0 Å². The second-order valence-corrected chi connectivity index (χ2v) is 4.75. The van der Waals surface area contributed by atoms with Crippen molar-refractivity contribution in [1.82, 2.24) is 0 Å². The minimum Gasteiger partial charge on any atom is -0.481 e. The van der Waals surface area contributed by atoms with E-state index in [-0.39, 0.29) is 12.3 Å². The highest BCUT2D eigenvalue weighted by atomic mass is 16.4. The van der Waals surface area contributed by atoms with E-state index >= 15 is 0 Å². The highest BCUT2D eigenvalue weighted by Crippen LogP contribution is 2.06. The maximum absolute atomic E-state index is 10.6. The number of carboxylic acid groups (broad SMARTS) is 2. The molecular formula is C13H24N2O4. The Kier molecular flexibility index (Phi) is 9.48. The summed E-state index contributed by atoms with van der Waals surface area (Å²) in [4.78, 5) is 20.9. The molecule has 0 spiro atoms. The van der Waals surface area contributed by atoms with Crippen molar-refractivity contribution in [3.8, 4) is 0 Å². The fourth-order valence-electron chi connectivity index (χ4n) is 1.62. The van der Waals surface area contributed by atoms with Crippen LogP contribution in [0.1, 0.15) is 51.9 Å². The first-order valence-electron chi connectivity index (χ1n) is 6.69. The van der Waals surface area contributed by atoms with E-state index in [1.807, 2.05) is 0 Å². The predicted octanol–water partition coefficient (Wildman–Crippen LogP) is 2.57. The van der Waals surface area contributed by atoms with E-state index in [0.717, 1.165) is 19.3 Å². The molecule has 0 aromatic carbocycles. The quantitative estimate of drug-likeness (QED) is 0.261. The number of nitrogens with zero attached hydrogens (tertiary/aromatic N) is 1. The van der Waals surface area contributed by atoms with Gasteiger partial charge < -0.3 is 16.1 Å². The second-order valence-electron chi connectivity index (χ2n) is 4.75. The van der Waals surface area contributed by atoms with Gasteiger partial charge in [0.25, 0.3) is 0 Å². The van der Waals surface area contributed by atoms with Gasteiger partial charge in [0.05, 0.1) is 5.92 Å². The molecule has 1 atom stereocenters. The topological polar surface area (TPSA) is 101 Å². The second kappa shape index (κ2) is 10.3. The molecular weight excluding hydrogens is 248 g/mol. The Hall–Kier alpha value is -1.59. The molecule has 0 radical (unpaired) electrons. The van der Waals surface area contributed by atoms with E-state index in [2.05, 4.69) is 0 Å². The molecule has 6 heteroatoms. The lowest BCUT2D eigenvalue weighted by Crippen LogP contribution is -2.10. The van der Waals surface area contributed by atoms with Gasteiger partial charge >= 0.3 is 11.9 Å². The molecule has 0 aromatic rings. The number of hydrogen-bond acceptors (Lipinski definition) is 2. The largest absolute Gasteiger partial charge is 0.481 e. The van der Waals surface area contributed by atoms with Gasteiger partial charge in [0.15, 0.2) is 0 Å². The first-order valence-corrected chi connectivity index (χ1v) is 6.69. The van der Waals surface area contributed by atoms with Crippen LogP contribution in [0.3, 0.4) is 0 Å². The standard InChI is InChI=1S/C13H24N2O4/c1-11(13(18)19)7-4-6-10-15(14)9-5-2-3-8-12(16)17/h10-11,14H,2-9H2,1H3,(H,16,17)(H,18,19). The number of rotatable bonds is 11. The first-order chi connectivity index (χ1) is 8.93. The average Bonchev–Trinajstić information content (AvgIpc) is 2.33. The van der Waals surface area contributed by atoms with Gasteiger partial charge in [0.1, 0.15) is 12.8 Å². The van der Waals surface area contributed by atoms with E-state index in [0.29, 0.717) is 25.8 Å². The molecule has 110 valence electrons. The number of carboxylic acids is 2. The molecule has 0 heterocycles. The van der Waals surface area contributed by atoms with E-state index in [9.17, 15) is 9.59 Å². The van der Waals surface area contributed by atoms with Crippen LogP contribution in [0.25, 0.3) is 5.84 Å². The molecule has 19 heavy (non-hydrogen) atoms. The van der Waals surface area contributed by atoms with Crippen LogP contribution in [0.4, 0.5) is 0 Å². The minimum atomic E-state index is -0.777.